The van der Waals surface area contributed by atoms with Crippen molar-refractivity contribution in [1.82, 2.24) is 4.98 Å². The molecule has 21 heavy (non-hydrogen) atoms. The number of nitrogens with one attached hydrogen (secondary N) is 2. The fourth-order valence-corrected chi connectivity index (χ4v) is 3.07. The summed E-state index contributed by atoms with van der Waals surface area (Å²) in [4.78, 5) is 3.87. The van der Waals surface area contributed by atoms with Crippen LogP contribution in [0.4, 0.5) is 11.4 Å². The number of pyridine rings is 1. The molecule has 0 aliphatic carbocycles. The lowest BCUT2D eigenvalue weighted by molar-refractivity contribution is 0.598. The Morgan fingerprint density at radius 1 is 1.29 bits per heavy atom. The van der Waals surface area contributed by atoms with E-state index < -0.39 is 10.0 Å². The number of anilines is 2. The number of nitriles is 1. The molecule has 0 saturated heterocycles. The number of benzene rings is 1. The zero-order valence-electron chi connectivity index (χ0n) is 11.0. The van der Waals surface area contributed by atoms with Gasteiger partial charge < -0.3 is 5.32 Å². The summed E-state index contributed by atoms with van der Waals surface area (Å²) >= 11 is 5.84. The first-order valence-corrected chi connectivity index (χ1v) is 7.69. The molecule has 1 aromatic heterocycles. The zero-order valence-corrected chi connectivity index (χ0v) is 12.5. The molecule has 6 nitrogen and oxygen atoms in total. The first-order chi connectivity index (χ1) is 9.97. The first-order valence-electron chi connectivity index (χ1n) is 5.83. The molecule has 0 radical (unpaired) electrons. The van der Waals surface area contributed by atoms with Crippen LogP contribution in [0.2, 0.25) is 5.02 Å². The second kappa shape index (κ2) is 5.99. The van der Waals surface area contributed by atoms with Gasteiger partial charge in [-0.1, -0.05) is 11.6 Å². The molecule has 0 atom stereocenters. The Morgan fingerprint density at radius 3 is 2.71 bits per heavy atom. The minimum Gasteiger partial charge on any atom is -0.386 e. The molecule has 2 N–H and O–H groups in total. The number of sulfonamides is 1. The van der Waals surface area contributed by atoms with Gasteiger partial charge in [-0.05, 0) is 30.3 Å². The van der Waals surface area contributed by atoms with E-state index in [-0.39, 0.29) is 16.3 Å². The minimum absolute atomic E-state index is 0.109. The van der Waals surface area contributed by atoms with Crippen molar-refractivity contribution < 1.29 is 8.42 Å². The lowest BCUT2D eigenvalue weighted by atomic mass is 10.2. The fourth-order valence-electron chi connectivity index (χ4n) is 1.69. The molecule has 1 aromatic carbocycles. The average Bonchev–Trinajstić information content (AvgIpc) is 2.47. The largest absolute Gasteiger partial charge is 0.386 e. The molecule has 0 spiro atoms. The zero-order chi connectivity index (χ0) is 15.5. The second-order valence-electron chi connectivity index (χ2n) is 4.01. The van der Waals surface area contributed by atoms with Crippen LogP contribution < -0.4 is 10.0 Å². The smallest absolute Gasteiger partial charge is 0.281 e. The topological polar surface area (TPSA) is 94.9 Å². The van der Waals surface area contributed by atoms with Crippen LogP contribution in [0.1, 0.15) is 5.56 Å². The summed E-state index contributed by atoms with van der Waals surface area (Å²) in [6.07, 6.45) is 1.37. The normalized spacial score (nSPS) is 10.7. The lowest BCUT2D eigenvalue weighted by Gasteiger charge is -2.12. The van der Waals surface area contributed by atoms with Gasteiger partial charge in [0.1, 0.15) is 6.07 Å². The molecule has 0 saturated carbocycles. The first kappa shape index (κ1) is 15.1. The number of nitrogens with zero attached hydrogens (tertiary/aromatic N) is 2. The van der Waals surface area contributed by atoms with E-state index in [1.165, 1.54) is 24.4 Å². The van der Waals surface area contributed by atoms with Gasteiger partial charge >= 0.3 is 0 Å². The number of hydrogen-bond acceptors (Lipinski definition) is 5. The SMILES string of the molecule is CNc1cccnc1S(=O)(=O)Nc1cc(Cl)ccc1C#N. The molecular weight excluding hydrogens is 312 g/mol. The number of hydrogen-bond donors (Lipinski definition) is 2. The van der Waals surface area contributed by atoms with Crippen LogP contribution in [0.25, 0.3) is 0 Å². The van der Waals surface area contributed by atoms with Gasteiger partial charge in [-0.15, -0.1) is 0 Å². The van der Waals surface area contributed by atoms with E-state index in [0.29, 0.717) is 10.7 Å². The van der Waals surface area contributed by atoms with Crippen LogP contribution in [0.3, 0.4) is 0 Å². The predicted molar refractivity (Wildman–Crippen MR) is 80.8 cm³/mol. The molecule has 0 fully saturated rings. The highest BCUT2D eigenvalue weighted by molar-refractivity contribution is 7.92. The van der Waals surface area contributed by atoms with Crippen molar-refractivity contribution in [3.63, 3.8) is 0 Å². The molecule has 2 aromatic rings. The summed E-state index contributed by atoms with van der Waals surface area (Å²) in [5, 5.41) is 11.9. The van der Waals surface area contributed by atoms with E-state index >= 15 is 0 Å². The minimum atomic E-state index is -3.94. The Morgan fingerprint density at radius 2 is 2.05 bits per heavy atom. The van der Waals surface area contributed by atoms with E-state index in [9.17, 15) is 8.42 Å². The molecule has 0 bridgehead atoms. The predicted octanol–water partition coefficient (Wildman–Crippen LogP) is 2.45. The van der Waals surface area contributed by atoms with Crippen molar-refractivity contribution in [2.24, 2.45) is 0 Å². The Labute approximate surface area is 127 Å². The maximum atomic E-state index is 12.4. The van der Waals surface area contributed by atoms with Gasteiger partial charge in [0.05, 0.1) is 16.9 Å². The third-order valence-corrected chi connectivity index (χ3v) is 4.20. The van der Waals surface area contributed by atoms with E-state index in [1.807, 2.05) is 6.07 Å². The van der Waals surface area contributed by atoms with Crippen molar-refractivity contribution in [2.45, 2.75) is 5.03 Å². The maximum Gasteiger partial charge on any atom is 0.281 e. The van der Waals surface area contributed by atoms with Gasteiger partial charge in [-0.2, -0.15) is 13.7 Å². The maximum absolute atomic E-state index is 12.4. The van der Waals surface area contributed by atoms with E-state index in [4.69, 9.17) is 16.9 Å². The fraction of sp³-hybridized carbons (Fsp3) is 0.0769. The molecule has 108 valence electrons. The molecule has 1 heterocycles. The summed E-state index contributed by atoms with van der Waals surface area (Å²) in [6.45, 7) is 0. The highest BCUT2D eigenvalue weighted by Gasteiger charge is 2.21. The summed E-state index contributed by atoms with van der Waals surface area (Å²) in [5.74, 6) is 0. The third-order valence-electron chi connectivity index (χ3n) is 2.64. The Bertz CT molecular complexity index is 815. The van der Waals surface area contributed by atoms with Crippen LogP contribution in [-0.2, 0) is 10.0 Å². The summed E-state index contributed by atoms with van der Waals surface area (Å²) in [5.41, 5.74) is 0.633. The Hall–Kier alpha value is -2.30. The Balaban J connectivity index is 2.48. The van der Waals surface area contributed by atoms with Gasteiger partial charge in [0.2, 0.25) is 0 Å². The van der Waals surface area contributed by atoms with Crippen LogP contribution in [0.5, 0.6) is 0 Å². The van der Waals surface area contributed by atoms with Crippen LogP contribution in [0.15, 0.2) is 41.6 Å². The summed E-state index contributed by atoms with van der Waals surface area (Å²) in [6, 6.07) is 9.44. The molecular formula is C13H11ClN4O2S. The quantitative estimate of drug-likeness (QED) is 0.901. The second-order valence-corrected chi connectivity index (χ2v) is 6.05. The highest BCUT2D eigenvalue weighted by Crippen LogP contribution is 2.25. The number of halogens is 1. The monoisotopic (exact) mass is 322 g/mol. The van der Waals surface area contributed by atoms with Gasteiger partial charge in [-0.3, -0.25) is 4.72 Å². The summed E-state index contributed by atoms with van der Waals surface area (Å²) in [7, 11) is -2.35. The molecule has 8 heteroatoms. The van der Waals surface area contributed by atoms with E-state index in [2.05, 4.69) is 15.0 Å². The lowest BCUT2D eigenvalue weighted by Crippen LogP contribution is -2.17. The molecule has 0 unspecified atom stereocenters. The number of rotatable bonds is 4. The van der Waals surface area contributed by atoms with Gasteiger partial charge in [-0.25, -0.2) is 4.98 Å². The average molecular weight is 323 g/mol. The third kappa shape index (κ3) is 3.24. The molecule has 0 amide bonds. The van der Waals surface area contributed by atoms with Crippen molar-refractivity contribution in [3.05, 3.63) is 47.1 Å². The van der Waals surface area contributed by atoms with Crippen molar-refractivity contribution in [1.29, 1.82) is 5.26 Å². The van der Waals surface area contributed by atoms with Crippen molar-refractivity contribution >= 4 is 33.0 Å². The Kier molecular flexibility index (Phi) is 4.31. The van der Waals surface area contributed by atoms with Crippen molar-refractivity contribution in [2.75, 3.05) is 17.1 Å². The van der Waals surface area contributed by atoms with Gasteiger partial charge in [0.15, 0.2) is 5.03 Å². The summed E-state index contributed by atoms with van der Waals surface area (Å²) < 4.78 is 27.1. The van der Waals surface area contributed by atoms with Crippen LogP contribution >= 0.6 is 11.6 Å². The van der Waals surface area contributed by atoms with Gasteiger partial charge in [0.25, 0.3) is 10.0 Å². The number of aromatic nitrogens is 1. The standard InChI is InChI=1S/C13H11ClN4O2S/c1-16-11-3-2-6-17-13(11)21(19,20)18-12-7-10(14)5-4-9(12)8-15/h2-7,16,18H,1H3. The van der Waals surface area contributed by atoms with Crippen molar-refractivity contribution in [3.8, 4) is 6.07 Å². The molecule has 0 aliphatic rings. The van der Waals surface area contributed by atoms with Crippen LogP contribution in [-0.4, -0.2) is 20.4 Å². The highest BCUT2D eigenvalue weighted by atomic mass is 35.5. The van der Waals surface area contributed by atoms with E-state index in [1.54, 1.807) is 19.2 Å². The van der Waals surface area contributed by atoms with E-state index in [0.717, 1.165) is 0 Å². The molecule has 2 rings (SSSR count). The van der Waals surface area contributed by atoms with Gasteiger partial charge in [0, 0.05) is 18.3 Å². The molecule has 0 aliphatic heterocycles. The van der Waals surface area contributed by atoms with Crippen LogP contribution in [0, 0.1) is 11.3 Å².